The second kappa shape index (κ2) is 8.69. The van der Waals surface area contributed by atoms with Gasteiger partial charge < -0.3 is 11.1 Å². The van der Waals surface area contributed by atoms with Crippen LogP contribution in [0.1, 0.15) is 33.1 Å². The summed E-state index contributed by atoms with van der Waals surface area (Å²) in [7, 11) is 0. The Bertz CT molecular complexity index is 348. The van der Waals surface area contributed by atoms with E-state index in [1.54, 1.807) is 6.20 Å². The number of carbonyl (C=O) groups excluding carboxylic acids is 1. The number of hydrogen-bond donors (Lipinski definition) is 2. The summed E-state index contributed by atoms with van der Waals surface area (Å²) >= 11 is 0. The zero-order chi connectivity index (χ0) is 14.1. The van der Waals surface area contributed by atoms with Crippen molar-refractivity contribution in [2.75, 3.05) is 13.1 Å². The molecule has 0 aliphatic carbocycles. The molecule has 0 bridgehead atoms. The van der Waals surface area contributed by atoms with E-state index in [4.69, 9.17) is 5.73 Å². The molecule has 0 saturated carbocycles. The Balaban J connectivity index is 2.12. The molecule has 0 aliphatic rings. The first-order valence-electron chi connectivity index (χ1n) is 7.06. The highest BCUT2D eigenvalue weighted by atomic mass is 16.1. The van der Waals surface area contributed by atoms with E-state index in [1.807, 2.05) is 16.9 Å². The SMILES string of the molecule is CC(C)CC(CN)CC(=O)NCCCn1cccn1. The fraction of sp³-hybridized carbons (Fsp3) is 0.714. The van der Waals surface area contributed by atoms with Crippen LogP contribution in [-0.2, 0) is 11.3 Å². The number of amides is 1. The average molecular weight is 266 g/mol. The lowest BCUT2D eigenvalue weighted by molar-refractivity contribution is -0.122. The number of carbonyl (C=O) groups is 1. The topological polar surface area (TPSA) is 72.9 Å². The third kappa shape index (κ3) is 6.96. The highest BCUT2D eigenvalue weighted by molar-refractivity contribution is 5.76. The van der Waals surface area contributed by atoms with Gasteiger partial charge in [-0.05, 0) is 37.3 Å². The number of rotatable bonds is 9. The van der Waals surface area contributed by atoms with Gasteiger partial charge in [-0.2, -0.15) is 5.10 Å². The molecule has 0 spiro atoms. The molecule has 1 aromatic rings. The van der Waals surface area contributed by atoms with Crippen molar-refractivity contribution in [3.63, 3.8) is 0 Å². The molecule has 1 rings (SSSR count). The number of nitrogens with zero attached hydrogens (tertiary/aromatic N) is 2. The van der Waals surface area contributed by atoms with Gasteiger partial charge in [-0.3, -0.25) is 9.48 Å². The van der Waals surface area contributed by atoms with Crippen LogP contribution in [-0.4, -0.2) is 28.8 Å². The summed E-state index contributed by atoms with van der Waals surface area (Å²) in [5.41, 5.74) is 5.70. The minimum atomic E-state index is 0.108. The second-order valence-electron chi connectivity index (χ2n) is 5.41. The van der Waals surface area contributed by atoms with E-state index in [9.17, 15) is 4.79 Å². The molecule has 0 saturated heterocycles. The summed E-state index contributed by atoms with van der Waals surface area (Å²) < 4.78 is 1.87. The zero-order valence-electron chi connectivity index (χ0n) is 12.0. The Kier molecular flexibility index (Phi) is 7.18. The monoisotopic (exact) mass is 266 g/mol. The van der Waals surface area contributed by atoms with Crippen molar-refractivity contribution in [2.45, 2.75) is 39.7 Å². The van der Waals surface area contributed by atoms with Gasteiger partial charge in [-0.15, -0.1) is 0 Å². The normalized spacial score (nSPS) is 12.6. The lowest BCUT2D eigenvalue weighted by Crippen LogP contribution is -2.30. The maximum atomic E-state index is 11.8. The molecule has 1 aromatic heterocycles. The van der Waals surface area contributed by atoms with Crippen LogP contribution in [0.5, 0.6) is 0 Å². The van der Waals surface area contributed by atoms with Gasteiger partial charge in [0.15, 0.2) is 0 Å². The van der Waals surface area contributed by atoms with E-state index in [1.165, 1.54) is 0 Å². The number of hydrogen-bond acceptors (Lipinski definition) is 3. The lowest BCUT2D eigenvalue weighted by atomic mass is 9.94. The first kappa shape index (κ1) is 15.7. The predicted molar refractivity (Wildman–Crippen MR) is 76.5 cm³/mol. The molecular formula is C14H26N4O. The van der Waals surface area contributed by atoms with Crippen molar-refractivity contribution in [2.24, 2.45) is 17.6 Å². The van der Waals surface area contributed by atoms with E-state index >= 15 is 0 Å². The fourth-order valence-corrected chi connectivity index (χ4v) is 2.17. The highest BCUT2D eigenvalue weighted by Gasteiger charge is 2.13. The van der Waals surface area contributed by atoms with Crippen LogP contribution < -0.4 is 11.1 Å². The van der Waals surface area contributed by atoms with Crippen molar-refractivity contribution in [3.05, 3.63) is 18.5 Å². The van der Waals surface area contributed by atoms with Crippen LogP contribution in [0.4, 0.5) is 0 Å². The summed E-state index contributed by atoms with van der Waals surface area (Å²) in [5, 5.41) is 7.06. The average Bonchev–Trinajstić information content (AvgIpc) is 2.86. The number of aromatic nitrogens is 2. The molecule has 1 atom stereocenters. The standard InChI is InChI=1S/C14H26N4O/c1-12(2)9-13(11-15)10-14(19)16-5-3-7-18-8-4-6-17-18/h4,6,8,12-13H,3,5,7,9-11,15H2,1-2H3,(H,16,19). The Hall–Kier alpha value is -1.36. The van der Waals surface area contributed by atoms with E-state index < -0.39 is 0 Å². The molecule has 19 heavy (non-hydrogen) atoms. The third-order valence-corrected chi connectivity index (χ3v) is 3.06. The van der Waals surface area contributed by atoms with Gasteiger partial charge in [0, 0.05) is 31.9 Å². The first-order valence-corrected chi connectivity index (χ1v) is 7.06. The predicted octanol–water partition coefficient (Wildman–Crippen LogP) is 1.40. The van der Waals surface area contributed by atoms with Crippen molar-refractivity contribution < 1.29 is 4.79 Å². The van der Waals surface area contributed by atoms with E-state index in [0.29, 0.717) is 31.3 Å². The van der Waals surface area contributed by atoms with Gasteiger partial charge in [0.1, 0.15) is 0 Å². The maximum Gasteiger partial charge on any atom is 0.220 e. The van der Waals surface area contributed by atoms with E-state index in [0.717, 1.165) is 19.4 Å². The van der Waals surface area contributed by atoms with E-state index in [2.05, 4.69) is 24.3 Å². The van der Waals surface area contributed by atoms with Crippen molar-refractivity contribution in [1.29, 1.82) is 0 Å². The fourth-order valence-electron chi connectivity index (χ4n) is 2.17. The molecule has 0 fully saturated rings. The van der Waals surface area contributed by atoms with Gasteiger partial charge in [-0.25, -0.2) is 0 Å². The van der Waals surface area contributed by atoms with Gasteiger partial charge in [-0.1, -0.05) is 13.8 Å². The number of nitrogens with two attached hydrogens (primary N) is 1. The molecule has 0 radical (unpaired) electrons. The Morgan fingerprint density at radius 3 is 2.84 bits per heavy atom. The first-order chi connectivity index (χ1) is 9.11. The quantitative estimate of drug-likeness (QED) is 0.664. The summed E-state index contributed by atoms with van der Waals surface area (Å²) in [4.78, 5) is 11.8. The Labute approximate surface area is 115 Å². The number of aryl methyl sites for hydroxylation is 1. The van der Waals surface area contributed by atoms with Crippen LogP contribution in [0.2, 0.25) is 0 Å². The van der Waals surface area contributed by atoms with Crippen molar-refractivity contribution in [1.82, 2.24) is 15.1 Å². The molecule has 108 valence electrons. The van der Waals surface area contributed by atoms with Crippen LogP contribution >= 0.6 is 0 Å². The van der Waals surface area contributed by atoms with Crippen LogP contribution in [0, 0.1) is 11.8 Å². The molecule has 1 unspecified atom stereocenters. The molecule has 1 amide bonds. The van der Waals surface area contributed by atoms with Crippen molar-refractivity contribution in [3.8, 4) is 0 Å². The molecule has 5 nitrogen and oxygen atoms in total. The van der Waals surface area contributed by atoms with Gasteiger partial charge in [0.25, 0.3) is 0 Å². The second-order valence-corrected chi connectivity index (χ2v) is 5.41. The van der Waals surface area contributed by atoms with Crippen LogP contribution in [0.15, 0.2) is 18.5 Å². The molecule has 0 aliphatic heterocycles. The molecule has 5 heteroatoms. The Morgan fingerprint density at radius 1 is 1.47 bits per heavy atom. The summed E-state index contributed by atoms with van der Waals surface area (Å²) in [6, 6.07) is 1.90. The molecule has 0 aromatic carbocycles. The largest absolute Gasteiger partial charge is 0.356 e. The summed E-state index contributed by atoms with van der Waals surface area (Å²) in [5.74, 6) is 0.990. The highest BCUT2D eigenvalue weighted by Crippen LogP contribution is 2.13. The Morgan fingerprint density at radius 2 is 2.26 bits per heavy atom. The third-order valence-electron chi connectivity index (χ3n) is 3.06. The molecule has 1 heterocycles. The van der Waals surface area contributed by atoms with Crippen LogP contribution in [0.25, 0.3) is 0 Å². The van der Waals surface area contributed by atoms with Crippen LogP contribution in [0.3, 0.4) is 0 Å². The molecule has 3 N–H and O–H groups in total. The minimum absolute atomic E-state index is 0.108. The van der Waals surface area contributed by atoms with Crippen molar-refractivity contribution >= 4 is 5.91 Å². The lowest BCUT2D eigenvalue weighted by Gasteiger charge is -2.16. The van der Waals surface area contributed by atoms with Gasteiger partial charge in [0.2, 0.25) is 5.91 Å². The van der Waals surface area contributed by atoms with E-state index in [-0.39, 0.29) is 5.91 Å². The molecular weight excluding hydrogens is 240 g/mol. The number of nitrogens with one attached hydrogen (secondary N) is 1. The minimum Gasteiger partial charge on any atom is -0.356 e. The maximum absolute atomic E-state index is 11.8. The van der Waals surface area contributed by atoms with Gasteiger partial charge >= 0.3 is 0 Å². The summed E-state index contributed by atoms with van der Waals surface area (Å²) in [6.07, 6.45) is 6.13. The van der Waals surface area contributed by atoms with Gasteiger partial charge in [0.05, 0.1) is 0 Å². The smallest absolute Gasteiger partial charge is 0.220 e. The summed E-state index contributed by atoms with van der Waals surface area (Å²) in [6.45, 7) is 6.42. The zero-order valence-corrected chi connectivity index (χ0v) is 12.0.